The first-order valence-corrected chi connectivity index (χ1v) is 21.9. The molecule has 335 valence electrons. The number of aromatic carboxylic acids is 1. The second kappa shape index (κ2) is 22.6. The van der Waals surface area contributed by atoms with Crippen molar-refractivity contribution in [3.63, 3.8) is 0 Å². The largest absolute Gasteiger partial charge is 0.478 e. The number of methoxy groups -OCH3 is 1. The van der Waals surface area contributed by atoms with Crippen LogP contribution in [0.15, 0.2) is 77.3 Å². The van der Waals surface area contributed by atoms with E-state index < -0.39 is 23.6 Å². The summed E-state index contributed by atoms with van der Waals surface area (Å²) in [7, 11) is 1.93. The van der Waals surface area contributed by atoms with Crippen LogP contribution >= 0.6 is 15.9 Å². The second-order valence-electron chi connectivity index (χ2n) is 16.2. The maximum atomic E-state index is 14.4. The van der Waals surface area contributed by atoms with Gasteiger partial charge in [-0.2, -0.15) is 0 Å². The molecular formula is C47H55BBrF2N4O8. The van der Waals surface area contributed by atoms with Crippen LogP contribution in [0.1, 0.15) is 92.1 Å². The summed E-state index contributed by atoms with van der Waals surface area (Å²) in [5.74, 6) is -2.95. The van der Waals surface area contributed by atoms with Gasteiger partial charge in [0.25, 0.3) is 11.8 Å². The summed E-state index contributed by atoms with van der Waals surface area (Å²) in [4.78, 5) is 56.2. The van der Waals surface area contributed by atoms with Crippen LogP contribution in [0.4, 0.5) is 8.78 Å². The molecule has 63 heavy (non-hydrogen) atoms. The maximum absolute atomic E-state index is 14.4. The van der Waals surface area contributed by atoms with Crippen LogP contribution in [0.3, 0.4) is 0 Å². The van der Waals surface area contributed by atoms with Crippen LogP contribution in [-0.2, 0) is 17.6 Å². The Balaban J connectivity index is 0.000000191. The standard InChI is InChI=1S/C23H25FN2O3.C16H21BrN2O.C8H7BFO3.H2O/c1-15-3-2-9-25(15)11-12-26-10-8-17-13-16(4-7-20(17)22(26)27)19-6-5-18(23(28)29)14-21(19)24;1-12-3-2-7-18(12)9-10-19-8-6-13-11-14(17)4-5-15(13)16(19)20;1-13-8(11)6-3-2-5(9-12)4-7(6)10;/h4-7,13-15H,2-3,8-12H2,1H3,(H,28,29);4-5,11-12H,2-3,6-10H2,1H3;2-4,12H,1H3;1H2/t15-;12-;;/m11../s1. The van der Waals surface area contributed by atoms with Gasteiger partial charge >= 0.3 is 19.4 Å². The fraction of sp³-hybridized carbons (Fsp3) is 0.404. The van der Waals surface area contributed by atoms with Crippen LogP contribution in [0, 0.1) is 11.6 Å². The van der Waals surface area contributed by atoms with Crippen molar-refractivity contribution in [2.45, 2.75) is 64.5 Å². The lowest BCUT2D eigenvalue weighted by Gasteiger charge is -2.31. The van der Waals surface area contributed by atoms with E-state index in [4.69, 9.17) is 10.1 Å². The first-order chi connectivity index (χ1) is 29.8. The van der Waals surface area contributed by atoms with Gasteiger partial charge in [-0.3, -0.25) is 19.4 Å². The van der Waals surface area contributed by atoms with Crippen molar-refractivity contribution in [1.82, 2.24) is 19.6 Å². The number of benzene rings is 4. The lowest BCUT2D eigenvalue weighted by Crippen LogP contribution is -2.43. The molecule has 2 saturated heterocycles. The second-order valence-corrected chi connectivity index (χ2v) is 17.1. The molecule has 4 aliphatic heterocycles. The Bertz CT molecular complexity index is 2280. The molecule has 4 aliphatic rings. The Morgan fingerprint density at radius 2 is 1.29 bits per heavy atom. The van der Waals surface area contributed by atoms with Gasteiger partial charge in [-0.05, 0) is 131 Å². The number of ether oxygens (including phenoxy) is 1. The number of halogens is 3. The summed E-state index contributed by atoms with van der Waals surface area (Å²) in [5, 5.41) is 17.5. The molecule has 0 aromatic heterocycles. The third-order valence-electron chi connectivity index (χ3n) is 12.3. The SMILES string of the molecule is COC(=O)c1ccc([B]O)cc1F.C[C@@H]1CCCN1CCN1CCc2cc(-c3ccc(C(=O)O)cc3F)ccc2C1=O.C[C@@H]1CCCN1CCN1CCc2cc(Br)ccc2C1=O.O. The van der Waals surface area contributed by atoms with Crippen molar-refractivity contribution >= 4 is 52.6 Å². The number of likely N-dealkylation sites (tertiary alicyclic amines) is 2. The molecule has 4 aromatic carbocycles. The Labute approximate surface area is 376 Å². The number of carbonyl (C=O) groups excluding carboxylic acids is 3. The summed E-state index contributed by atoms with van der Waals surface area (Å²) >= 11 is 3.48. The predicted molar refractivity (Wildman–Crippen MR) is 242 cm³/mol. The Kier molecular flexibility index (Phi) is 17.6. The van der Waals surface area contributed by atoms with Crippen LogP contribution in [0.2, 0.25) is 0 Å². The molecule has 4 aromatic rings. The third-order valence-corrected chi connectivity index (χ3v) is 12.8. The van der Waals surface area contributed by atoms with E-state index in [1.807, 2.05) is 28.0 Å². The molecule has 2 atom stereocenters. The maximum Gasteiger partial charge on any atom is 0.340 e. The van der Waals surface area contributed by atoms with E-state index in [-0.39, 0.29) is 28.4 Å². The number of carbonyl (C=O) groups is 4. The number of fused-ring (bicyclic) bond motifs is 2. The van der Waals surface area contributed by atoms with E-state index in [0.29, 0.717) is 40.8 Å². The number of amides is 2. The fourth-order valence-corrected chi connectivity index (χ4v) is 8.96. The summed E-state index contributed by atoms with van der Waals surface area (Å²) in [6.45, 7) is 11.8. The number of hydrogen-bond donors (Lipinski definition) is 2. The number of esters is 1. The monoisotopic (exact) mass is 931 g/mol. The highest BCUT2D eigenvalue weighted by molar-refractivity contribution is 9.10. The number of nitrogens with zero attached hydrogens (tertiary/aromatic N) is 4. The zero-order valence-corrected chi connectivity index (χ0v) is 37.5. The molecule has 0 saturated carbocycles. The topological polar surface area (TPSA) is 162 Å². The molecule has 1 radical (unpaired) electrons. The molecule has 0 unspecified atom stereocenters. The van der Waals surface area contributed by atoms with Gasteiger partial charge in [-0.25, -0.2) is 18.4 Å². The summed E-state index contributed by atoms with van der Waals surface area (Å²) in [6, 6.07) is 20.2. The Morgan fingerprint density at radius 3 is 1.78 bits per heavy atom. The number of carboxylic acid groups (broad SMARTS) is 1. The van der Waals surface area contributed by atoms with Crippen LogP contribution < -0.4 is 5.46 Å². The quantitative estimate of drug-likeness (QED) is 0.152. The van der Waals surface area contributed by atoms with Crippen LogP contribution in [0.25, 0.3) is 11.1 Å². The lowest BCUT2D eigenvalue weighted by molar-refractivity contribution is 0.0593. The van der Waals surface area contributed by atoms with Gasteiger partial charge in [0.15, 0.2) is 0 Å². The van der Waals surface area contributed by atoms with E-state index in [2.05, 4.69) is 50.4 Å². The van der Waals surface area contributed by atoms with Gasteiger partial charge < -0.3 is 30.1 Å². The van der Waals surface area contributed by atoms with Crippen molar-refractivity contribution in [1.29, 1.82) is 0 Å². The highest BCUT2D eigenvalue weighted by Gasteiger charge is 2.28. The zero-order valence-electron chi connectivity index (χ0n) is 35.9. The van der Waals surface area contributed by atoms with Crippen molar-refractivity contribution < 1.29 is 48.3 Å². The number of hydrogen-bond acceptors (Lipinski definition) is 8. The molecular weight excluding hydrogens is 877 g/mol. The zero-order chi connectivity index (χ0) is 44.5. The third kappa shape index (κ3) is 12.2. The van der Waals surface area contributed by atoms with E-state index in [1.54, 1.807) is 12.1 Å². The molecule has 0 bridgehead atoms. The first-order valence-electron chi connectivity index (χ1n) is 21.1. The van der Waals surface area contributed by atoms with Crippen molar-refractivity contribution in [2.24, 2.45) is 0 Å². The fourth-order valence-electron chi connectivity index (χ4n) is 8.55. The molecule has 0 spiro atoms. The number of rotatable bonds is 10. The molecule has 8 rings (SSSR count). The lowest BCUT2D eigenvalue weighted by atomic mass is 9.88. The molecule has 16 heteroatoms. The van der Waals surface area contributed by atoms with Crippen LogP contribution in [0.5, 0.6) is 0 Å². The molecule has 2 amide bonds. The molecule has 4 heterocycles. The smallest absolute Gasteiger partial charge is 0.340 e. The van der Waals surface area contributed by atoms with Gasteiger partial charge in [-0.1, -0.05) is 45.7 Å². The van der Waals surface area contributed by atoms with E-state index >= 15 is 0 Å². The Morgan fingerprint density at radius 1 is 0.730 bits per heavy atom. The molecule has 4 N–H and O–H groups in total. The normalized spacial score (nSPS) is 18.3. The summed E-state index contributed by atoms with van der Waals surface area (Å²) in [6.07, 6.45) is 6.75. The summed E-state index contributed by atoms with van der Waals surface area (Å²) in [5.41, 5.74) is 4.72. The van der Waals surface area contributed by atoms with Crippen molar-refractivity contribution in [3.8, 4) is 11.1 Å². The average molecular weight is 933 g/mol. The van der Waals surface area contributed by atoms with E-state index in [9.17, 15) is 28.0 Å². The van der Waals surface area contributed by atoms with Crippen molar-refractivity contribution in [2.75, 3.05) is 59.5 Å². The minimum atomic E-state index is -1.16. The molecule has 0 aliphatic carbocycles. The minimum absolute atomic E-state index is 0. The van der Waals surface area contributed by atoms with Crippen LogP contribution in [-0.4, -0.2) is 138 Å². The van der Waals surface area contributed by atoms with Gasteiger partial charge in [0.05, 0.1) is 18.2 Å². The first kappa shape index (κ1) is 49.0. The average Bonchev–Trinajstić information content (AvgIpc) is 3.89. The summed E-state index contributed by atoms with van der Waals surface area (Å²) < 4.78 is 32.8. The minimum Gasteiger partial charge on any atom is -0.478 e. The number of carboxylic acids is 1. The van der Waals surface area contributed by atoms with Gasteiger partial charge in [0, 0.05) is 72.5 Å². The van der Waals surface area contributed by atoms with Gasteiger partial charge in [0.2, 0.25) is 0 Å². The highest BCUT2D eigenvalue weighted by atomic mass is 79.9. The van der Waals surface area contributed by atoms with Gasteiger partial charge in [0.1, 0.15) is 11.6 Å². The van der Waals surface area contributed by atoms with E-state index in [1.165, 1.54) is 69.2 Å². The molecule has 12 nitrogen and oxygen atoms in total. The van der Waals surface area contributed by atoms with Crippen molar-refractivity contribution in [3.05, 3.63) is 122 Å². The Hall–Kier alpha value is -5.00. The highest BCUT2D eigenvalue weighted by Crippen LogP contribution is 2.29. The predicted octanol–water partition coefficient (Wildman–Crippen LogP) is 5.63. The van der Waals surface area contributed by atoms with Gasteiger partial charge in [-0.15, -0.1) is 0 Å². The molecule has 2 fully saturated rings. The van der Waals surface area contributed by atoms with E-state index in [0.717, 1.165) is 87.3 Å².